The van der Waals surface area contributed by atoms with E-state index in [0.717, 1.165) is 39.7 Å². The lowest BCUT2D eigenvalue weighted by molar-refractivity contribution is 0.736. The van der Waals surface area contributed by atoms with E-state index in [-0.39, 0.29) is 6.04 Å². The number of anilines is 1. The van der Waals surface area contributed by atoms with Crippen LogP contribution in [-0.2, 0) is 7.05 Å². The van der Waals surface area contributed by atoms with Gasteiger partial charge < -0.3 is 5.32 Å². The molecule has 0 saturated carbocycles. The van der Waals surface area contributed by atoms with Crippen LogP contribution in [0.2, 0.25) is 0 Å². The van der Waals surface area contributed by atoms with Gasteiger partial charge in [-0.3, -0.25) is 4.68 Å². The van der Waals surface area contributed by atoms with Crippen LogP contribution in [0.5, 0.6) is 0 Å². The van der Waals surface area contributed by atoms with E-state index in [4.69, 9.17) is 0 Å². The van der Waals surface area contributed by atoms with Crippen molar-refractivity contribution in [2.24, 2.45) is 7.05 Å². The molecule has 3 aromatic rings. The maximum absolute atomic E-state index is 4.68. The molecule has 0 aliphatic heterocycles. The zero-order chi connectivity index (χ0) is 15.9. The molecule has 0 spiro atoms. The van der Waals surface area contributed by atoms with Crippen molar-refractivity contribution in [3.8, 4) is 0 Å². The Labute approximate surface area is 133 Å². The van der Waals surface area contributed by atoms with Crippen molar-refractivity contribution in [1.29, 1.82) is 0 Å². The summed E-state index contributed by atoms with van der Waals surface area (Å²) in [6, 6.07) is 0.148. The second-order valence-electron chi connectivity index (χ2n) is 5.43. The summed E-state index contributed by atoms with van der Waals surface area (Å²) in [5.41, 5.74) is 2.88. The predicted octanol–water partition coefficient (Wildman–Crippen LogP) is 3.31. The molecule has 3 rings (SSSR count). The Balaban J connectivity index is 2.01. The van der Waals surface area contributed by atoms with Gasteiger partial charge in [-0.1, -0.05) is 6.92 Å². The average molecular weight is 316 g/mol. The minimum absolute atomic E-state index is 0.148. The minimum atomic E-state index is 0.148. The number of fused-ring (bicyclic) bond motifs is 1. The van der Waals surface area contributed by atoms with E-state index >= 15 is 0 Å². The summed E-state index contributed by atoms with van der Waals surface area (Å²) >= 11 is 1.74. The van der Waals surface area contributed by atoms with E-state index < -0.39 is 0 Å². The molecule has 0 aromatic carbocycles. The van der Waals surface area contributed by atoms with Crippen molar-refractivity contribution < 1.29 is 0 Å². The molecular weight excluding hydrogens is 296 g/mol. The molecule has 116 valence electrons. The zero-order valence-electron chi connectivity index (χ0n) is 13.5. The molecule has 0 bridgehead atoms. The van der Waals surface area contributed by atoms with Crippen molar-refractivity contribution in [1.82, 2.24) is 24.7 Å². The topological polar surface area (TPSA) is 68.5 Å². The maximum atomic E-state index is 4.68. The third-order valence-electron chi connectivity index (χ3n) is 3.86. The molecule has 0 fully saturated rings. The number of nitrogens with zero attached hydrogens (tertiary/aromatic N) is 5. The van der Waals surface area contributed by atoms with Crippen molar-refractivity contribution in [2.75, 3.05) is 5.32 Å². The Morgan fingerprint density at radius 3 is 2.64 bits per heavy atom. The smallest absolute Gasteiger partial charge is 0.163 e. The van der Waals surface area contributed by atoms with Crippen LogP contribution in [0.3, 0.4) is 0 Å². The minimum Gasteiger partial charge on any atom is -0.360 e. The Hall–Kier alpha value is -2.02. The average Bonchev–Trinajstić information content (AvgIpc) is 2.97. The summed E-state index contributed by atoms with van der Waals surface area (Å²) in [4.78, 5) is 14.7. The van der Waals surface area contributed by atoms with Gasteiger partial charge in [0.1, 0.15) is 17.2 Å². The first-order valence-corrected chi connectivity index (χ1v) is 8.17. The van der Waals surface area contributed by atoms with Crippen LogP contribution in [0.1, 0.15) is 40.7 Å². The van der Waals surface area contributed by atoms with Crippen LogP contribution in [0, 0.1) is 20.8 Å². The Morgan fingerprint density at radius 2 is 2.00 bits per heavy atom. The SMILES string of the molecule is CC[C@H](Nc1ncnc2c1c(C)nn2C)c1nc(C)c(C)s1. The standard InChI is InChI=1S/C15H20N6S/c1-6-11(15-18-8(2)10(4)22-15)19-13-12-9(3)20-21(5)14(12)17-7-16-13/h7,11H,6H2,1-5H3,(H,16,17,19)/t11-/m0/s1. The van der Waals surface area contributed by atoms with Gasteiger partial charge in [0.15, 0.2) is 5.65 Å². The van der Waals surface area contributed by atoms with E-state index in [2.05, 4.69) is 46.1 Å². The monoisotopic (exact) mass is 316 g/mol. The highest BCUT2D eigenvalue weighted by Gasteiger charge is 2.19. The first-order chi connectivity index (χ1) is 10.5. The highest BCUT2D eigenvalue weighted by Crippen LogP contribution is 2.30. The van der Waals surface area contributed by atoms with E-state index in [1.807, 2.05) is 14.0 Å². The van der Waals surface area contributed by atoms with Gasteiger partial charge in [0.25, 0.3) is 0 Å². The number of nitrogens with one attached hydrogen (secondary N) is 1. The van der Waals surface area contributed by atoms with Crippen LogP contribution in [-0.4, -0.2) is 24.7 Å². The number of rotatable bonds is 4. The summed E-state index contributed by atoms with van der Waals surface area (Å²) in [6.07, 6.45) is 2.52. The van der Waals surface area contributed by atoms with E-state index in [1.54, 1.807) is 22.3 Å². The van der Waals surface area contributed by atoms with Gasteiger partial charge in [-0.15, -0.1) is 11.3 Å². The fraction of sp³-hybridized carbons (Fsp3) is 0.467. The zero-order valence-corrected chi connectivity index (χ0v) is 14.3. The van der Waals surface area contributed by atoms with Gasteiger partial charge in [-0.2, -0.15) is 5.10 Å². The molecule has 0 amide bonds. The van der Waals surface area contributed by atoms with E-state index in [9.17, 15) is 0 Å². The summed E-state index contributed by atoms with van der Waals surface area (Å²) in [7, 11) is 1.90. The summed E-state index contributed by atoms with van der Waals surface area (Å²) in [5, 5.41) is 10.0. The number of aromatic nitrogens is 5. The van der Waals surface area contributed by atoms with Gasteiger partial charge >= 0.3 is 0 Å². The van der Waals surface area contributed by atoms with E-state index in [0.29, 0.717) is 0 Å². The molecule has 22 heavy (non-hydrogen) atoms. The summed E-state index contributed by atoms with van der Waals surface area (Å²) in [5.74, 6) is 0.827. The molecule has 0 radical (unpaired) electrons. The lowest BCUT2D eigenvalue weighted by Crippen LogP contribution is -2.11. The van der Waals surface area contributed by atoms with Crippen molar-refractivity contribution >= 4 is 28.2 Å². The second-order valence-corrected chi connectivity index (χ2v) is 6.66. The van der Waals surface area contributed by atoms with Crippen molar-refractivity contribution in [3.05, 3.63) is 27.6 Å². The number of hydrogen-bond donors (Lipinski definition) is 1. The maximum Gasteiger partial charge on any atom is 0.163 e. The molecule has 0 saturated heterocycles. The van der Waals surface area contributed by atoms with Gasteiger partial charge in [0.05, 0.1) is 22.8 Å². The third-order valence-corrected chi connectivity index (χ3v) is 5.04. The molecule has 7 heteroatoms. The Morgan fingerprint density at radius 1 is 1.23 bits per heavy atom. The molecule has 3 heterocycles. The van der Waals surface area contributed by atoms with Crippen LogP contribution in [0.15, 0.2) is 6.33 Å². The lowest BCUT2D eigenvalue weighted by Gasteiger charge is -2.15. The molecular formula is C15H20N6S. The highest BCUT2D eigenvalue weighted by atomic mass is 32.1. The van der Waals surface area contributed by atoms with Gasteiger partial charge in [0.2, 0.25) is 0 Å². The normalized spacial score (nSPS) is 12.8. The largest absolute Gasteiger partial charge is 0.360 e. The van der Waals surface area contributed by atoms with E-state index in [1.165, 1.54) is 4.88 Å². The van der Waals surface area contributed by atoms with Crippen molar-refractivity contribution in [2.45, 2.75) is 40.2 Å². The number of aryl methyl sites for hydroxylation is 4. The number of hydrogen-bond acceptors (Lipinski definition) is 6. The van der Waals surface area contributed by atoms with Crippen LogP contribution < -0.4 is 5.32 Å². The molecule has 3 aromatic heterocycles. The third kappa shape index (κ3) is 2.45. The fourth-order valence-corrected chi connectivity index (χ4v) is 3.59. The van der Waals surface area contributed by atoms with Crippen molar-refractivity contribution in [3.63, 3.8) is 0 Å². The first kappa shape index (κ1) is 14.9. The Bertz CT molecular complexity index is 799. The molecule has 6 nitrogen and oxygen atoms in total. The molecule has 0 unspecified atom stereocenters. The molecule has 0 aliphatic rings. The molecule has 0 aliphatic carbocycles. The molecule has 1 N–H and O–H groups in total. The predicted molar refractivity (Wildman–Crippen MR) is 89.3 cm³/mol. The quantitative estimate of drug-likeness (QED) is 0.800. The molecule has 1 atom stereocenters. The van der Waals surface area contributed by atoms with Crippen LogP contribution >= 0.6 is 11.3 Å². The number of thiazole rings is 1. The fourth-order valence-electron chi connectivity index (χ4n) is 2.54. The first-order valence-electron chi connectivity index (χ1n) is 7.36. The summed E-state index contributed by atoms with van der Waals surface area (Å²) in [6.45, 7) is 8.29. The highest BCUT2D eigenvalue weighted by molar-refractivity contribution is 7.11. The Kier molecular flexibility index (Phi) is 3.82. The van der Waals surface area contributed by atoms with Gasteiger partial charge in [-0.25, -0.2) is 15.0 Å². The van der Waals surface area contributed by atoms with Crippen LogP contribution in [0.25, 0.3) is 11.0 Å². The lowest BCUT2D eigenvalue weighted by atomic mass is 10.2. The van der Waals surface area contributed by atoms with Gasteiger partial charge in [0, 0.05) is 11.9 Å². The second kappa shape index (κ2) is 5.64. The van der Waals surface area contributed by atoms with Crippen LogP contribution in [0.4, 0.5) is 5.82 Å². The summed E-state index contributed by atoms with van der Waals surface area (Å²) < 4.78 is 1.79. The van der Waals surface area contributed by atoms with Gasteiger partial charge in [-0.05, 0) is 27.2 Å².